The molecule has 3 nitrogen and oxygen atoms in total. The number of aromatic nitrogens is 1. The Bertz CT molecular complexity index is 871. The molecule has 0 aliphatic carbocycles. The summed E-state index contributed by atoms with van der Waals surface area (Å²) >= 11 is 1.65. The van der Waals surface area contributed by atoms with Crippen LogP contribution in [0.4, 0.5) is 0 Å². The van der Waals surface area contributed by atoms with E-state index < -0.39 is 0 Å². The molecule has 2 aromatic carbocycles. The van der Waals surface area contributed by atoms with Gasteiger partial charge in [-0.3, -0.25) is 4.79 Å². The van der Waals surface area contributed by atoms with E-state index in [9.17, 15) is 4.79 Å². The minimum atomic E-state index is 0.172. The Hall–Kier alpha value is -2.46. The number of amides is 1. The fraction of sp³-hybridized carbons (Fsp3) is 0.304. The van der Waals surface area contributed by atoms with Crippen LogP contribution in [0.5, 0.6) is 0 Å². The molecule has 4 heteroatoms. The number of hydrogen-bond acceptors (Lipinski definition) is 3. The van der Waals surface area contributed by atoms with Crippen LogP contribution in [0.3, 0.4) is 0 Å². The predicted molar refractivity (Wildman–Crippen MR) is 113 cm³/mol. The summed E-state index contributed by atoms with van der Waals surface area (Å²) in [6.45, 7) is 6.91. The van der Waals surface area contributed by atoms with Gasteiger partial charge in [0, 0.05) is 23.5 Å². The number of nitrogens with zero attached hydrogens (tertiary/aromatic N) is 2. The van der Waals surface area contributed by atoms with E-state index in [1.165, 1.54) is 5.56 Å². The molecule has 27 heavy (non-hydrogen) atoms. The van der Waals surface area contributed by atoms with Crippen molar-refractivity contribution in [2.75, 3.05) is 0 Å². The Kier molecular flexibility index (Phi) is 6.40. The van der Waals surface area contributed by atoms with Crippen LogP contribution in [0.15, 0.2) is 60.0 Å². The minimum Gasteiger partial charge on any atom is -0.335 e. The van der Waals surface area contributed by atoms with Crippen molar-refractivity contribution < 1.29 is 4.79 Å². The molecule has 0 fully saturated rings. The standard InChI is InChI=1S/C23H26N2OS/c1-4-17(2)25(15-20-8-6-5-7-9-20)23(26)14-19-10-12-21(13-11-19)22-16-27-18(3)24-22/h5-13,16-17H,4,14-15H2,1-3H3. The summed E-state index contributed by atoms with van der Waals surface area (Å²) in [4.78, 5) is 19.5. The minimum absolute atomic E-state index is 0.172. The van der Waals surface area contributed by atoms with Crippen molar-refractivity contribution in [1.29, 1.82) is 0 Å². The van der Waals surface area contributed by atoms with Crippen LogP contribution in [0.25, 0.3) is 11.3 Å². The second-order valence-corrected chi connectivity index (χ2v) is 7.95. The first kappa shape index (κ1) is 19.3. The maximum Gasteiger partial charge on any atom is 0.227 e. The molecule has 1 atom stereocenters. The van der Waals surface area contributed by atoms with Gasteiger partial charge >= 0.3 is 0 Å². The normalized spacial score (nSPS) is 12.0. The Morgan fingerprint density at radius 2 is 1.78 bits per heavy atom. The summed E-state index contributed by atoms with van der Waals surface area (Å²) < 4.78 is 0. The second-order valence-electron chi connectivity index (χ2n) is 6.89. The summed E-state index contributed by atoms with van der Waals surface area (Å²) in [5.74, 6) is 0.172. The van der Waals surface area contributed by atoms with Gasteiger partial charge in [-0.05, 0) is 31.4 Å². The van der Waals surface area contributed by atoms with Crippen molar-refractivity contribution in [2.45, 2.75) is 46.2 Å². The van der Waals surface area contributed by atoms with Crippen molar-refractivity contribution >= 4 is 17.2 Å². The average molecular weight is 379 g/mol. The quantitative estimate of drug-likeness (QED) is 0.545. The zero-order valence-electron chi connectivity index (χ0n) is 16.2. The summed E-state index contributed by atoms with van der Waals surface area (Å²) in [5.41, 5.74) is 4.30. The second kappa shape index (κ2) is 8.96. The molecular weight excluding hydrogens is 352 g/mol. The lowest BCUT2D eigenvalue weighted by Crippen LogP contribution is -2.38. The molecule has 0 radical (unpaired) electrons. The summed E-state index contributed by atoms with van der Waals surface area (Å²) in [5, 5.41) is 3.13. The van der Waals surface area contributed by atoms with Gasteiger partial charge in [0.2, 0.25) is 5.91 Å². The van der Waals surface area contributed by atoms with E-state index in [-0.39, 0.29) is 11.9 Å². The number of carbonyl (C=O) groups is 1. The van der Waals surface area contributed by atoms with Gasteiger partial charge in [-0.1, -0.05) is 61.5 Å². The maximum absolute atomic E-state index is 13.0. The molecule has 1 unspecified atom stereocenters. The van der Waals surface area contributed by atoms with Crippen LogP contribution in [0.1, 0.15) is 36.4 Å². The van der Waals surface area contributed by atoms with Crippen molar-refractivity contribution in [3.05, 3.63) is 76.1 Å². The zero-order valence-corrected chi connectivity index (χ0v) is 17.0. The monoisotopic (exact) mass is 378 g/mol. The summed E-state index contributed by atoms with van der Waals surface area (Å²) in [7, 11) is 0. The van der Waals surface area contributed by atoms with E-state index in [0.29, 0.717) is 13.0 Å². The number of aryl methyl sites for hydroxylation is 1. The average Bonchev–Trinajstić information content (AvgIpc) is 3.13. The molecule has 1 amide bonds. The van der Waals surface area contributed by atoms with Crippen molar-refractivity contribution in [1.82, 2.24) is 9.88 Å². The molecule has 1 heterocycles. The van der Waals surface area contributed by atoms with E-state index in [4.69, 9.17) is 0 Å². The van der Waals surface area contributed by atoms with Gasteiger partial charge in [0.05, 0.1) is 17.1 Å². The van der Waals surface area contributed by atoms with Gasteiger partial charge in [0.25, 0.3) is 0 Å². The fourth-order valence-electron chi connectivity index (χ4n) is 3.06. The summed E-state index contributed by atoms with van der Waals surface area (Å²) in [6, 6.07) is 18.6. The predicted octanol–water partition coefficient (Wildman–Crippen LogP) is 5.49. The Morgan fingerprint density at radius 3 is 2.37 bits per heavy atom. The van der Waals surface area contributed by atoms with E-state index in [1.54, 1.807) is 11.3 Å². The third-order valence-electron chi connectivity index (χ3n) is 4.86. The number of benzene rings is 2. The smallest absolute Gasteiger partial charge is 0.227 e. The van der Waals surface area contributed by atoms with Crippen LogP contribution >= 0.6 is 11.3 Å². The van der Waals surface area contributed by atoms with Crippen molar-refractivity contribution in [2.24, 2.45) is 0 Å². The lowest BCUT2D eigenvalue weighted by molar-refractivity contribution is -0.133. The maximum atomic E-state index is 13.0. The molecule has 0 aliphatic heterocycles. The molecule has 0 bridgehead atoms. The fourth-order valence-corrected chi connectivity index (χ4v) is 3.68. The van der Waals surface area contributed by atoms with Gasteiger partial charge in [0.15, 0.2) is 0 Å². The zero-order chi connectivity index (χ0) is 19.2. The highest BCUT2D eigenvalue weighted by atomic mass is 32.1. The van der Waals surface area contributed by atoms with Gasteiger partial charge in [0.1, 0.15) is 0 Å². The molecule has 0 aliphatic rings. The summed E-state index contributed by atoms with van der Waals surface area (Å²) in [6.07, 6.45) is 1.37. The number of carbonyl (C=O) groups excluding carboxylic acids is 1. The first-order valence-corrected chi connectivity index (χ1v) is 10.3. The molecule has 1 aromatic heterocycles. The van der Waals surface area contributed by atoms with E-state index >= 15 is 0 Å². The van der Waals surface area contributed by atoms with Gasteiger partial charge in [-0.25, -0.2) is 4.98 Å². The van der Waals surface area contributed by atoms with Crippen LogP contribution in [-0.2, 0) is 17.8 Å². The van der Waals surface area contributed by atoms with Gasteiger partial charge in [-0.2, -0.15) is 0 Å². The highest BCUT2D eigenvalue weighted by Crippen LogP contribution is 2.22. The first-order chi connectivity index (χ1) is 13.1. The highest BCUT2D eigenvalue weighted by molar-refractivity contribution is 7.09. The van der Waals surface area contributed by atoms with E-state index in [2.05, 4.69) is 48.5 Å². The van der Waals surface area contributed by atoms with E-state index in [1.807, 2.05) is 42.2 Å². The van der Waals surface area contributed by atoms with Crippen molar-refractivity contribution in [3.8, 4) is 11.3 Å². The molecule has 0 N–H and O–H groups in total. The van der Waals surface area contributed by atoms with Crippen molar-refractivity contribution in [3.63, 3.8) is 0 Å². The topological polar surface area (TPSA) is 33.2 Å². The lowest BCUT2D eigenvalue weighted by Gasteiger charge is -2.29. The number of thiazole rings is 1. The Labute approximate surface area is 165 Å². The first-order valence-electron chi connectivity index (χ1n) is 9.41. The molecular formula is C23H26N2OS. The van der Waals surface area contributed by atoms with E-state index in [0.717, 1.165) is 28.2 Å². The Morgan fingerprint density at radius 1 is 1.07 bits per heavy atom. The lowest BCUT2D eigenvalue weighted by atomic mass is 10.1. The Balaban J connectivity index is 1.71. The van der Waals surface area contributed by atoms with Crippen LogP contribution in [-0.4, -0.2) is 21.8 Å². The molecule has 3 aromatic rings. The van der Waals surface area contributed by atoms with Crippen LogP contribution in [0, 0.1) is 6.92 Å². The molecule has 0 spiro atoms. The molecule has 0 saturated carbocycles. The molecule has 3 rings (SSSR count). The number of hydrogen-bond donors (Lipinski definition) is 0. The molecule has 0 saturated heterocycles. The molecule has 140 valence electrons. The highest BCUT2D eigenvalue weighted by Gasteiger charge is 2.19. The van der Waals surface area contributed by atoms with Crippen LogP contribution in [0.2, 0.25) is 0 Å². The third-order valence-corrected chi connectivity index (χ3v) is 5.64. The third kappa shape index (κ3) is 5.04. The number of rotatable bonds is 7. The van der Waals surface area contributed by atoms with Crippen LogP contribution < -0.4 is 0 Å². The largest absolute Gasteiger partial charge is 0.335 e. The van der Waals surface area contributed by atoms with Gasteiger partial charge < -0.3 is 4.90 Å². The SMILES string of the molecule is CCC(C)N(Cc1ccccc1)C(=O)Cc1ccc(-c2csc(C)n2)cc1. The van der Waals surface area contributed by atoms with Gasteiger partial charge in [-0.15, -0.1) is 11.3 Å².